The van der Waals surface area contributed by atoms with Gasteiger partial charge >= 0.3 is 5.97 Å². The van der Waals surface area contributed by atoms with E-state index in [2.05, 4.69) is 4.98 Å². The fourth-order valence-corrected chi connectivity index (χ4v) is 3.03. The average Bonchev–Trinajstić information content (AvgIpc) is 2.67. The Morgan fingerprint density at radius 2 is 1.79 bits per heavy atom. The molecule has 1 amide bonds. The van der Waals surface area contributed by atoms with Gasteiger partial charge in [-0.05, 0) is 41.8 Å². The maximum absolute atomic E-state index is 13.1. The summed E-state index contributed by atoms with van der Waals surface area (Å²) in [7, 11) is 4.56. The minimum Gasteiger partial charge on any atom is -0.494 e. The minimum absolute atomic E-state index is 0.0329. The molecule has 0 fully saturated rings. The number of fused-ring (bicyclic) bond motifs is 1. The molecule has 1 N–H and O–H groups in total. The number of hydrogen-bond donors (Lipinski definition) is 1. The summed E-state index contributed by atoms with van der Waals surface area (Å²) in [5, 5.41) is 10.0. The third-order valence-electron chi connectivity index (χ3n) is 4.38. The summed E-state index contributed by atoms with van der Waals surface area (Å²) in [6.45, 7) is 0. The molecule has 0 atom stereocenters. The Kier molecular flexibility index (Phi) is 5.26. The molecule has 3 rings (SSSR count). The molecule has 6 nitrogen and oxygen atoms in total. The van der Waals surface area contributed by atoms with Gasteiger partial charge < -0.3 is 14.7 Å². The highest BCUT2D eigenvalue weighted by Gasteiger charge is 2.23. The Hall–Kier alpha value is -3.48. The van der Waals surface area contributed by atoms with E-state index in [4.69, 9.17) is 4.74 Å². The molecule has 0 bridgehead atoms. The Labute approximate surface area is 161 Å². The maximum Gasteiger partial charge on any atom is 0.336 e. The molecule has 0 unspecified atom stereocenters. The van der Waals surface area contributed by atoms with Gasteiger partial charge in [-0.25, -0.2) is 9.18 Å². The Balaban J connectivity index is 2.17. The van der Waals surface area contributed by atoms with Gasteiger partial charge in [-0.15, -0.1) is 0 Å². The van der Waals surface area contributed by atoms with Crippen LogP contribution in [0.4, 0.5) is 4.39 Å². The quantitative estimate of drug-likeness (QED) is 0.732. The monoisotopic (exact) mass is 382 g/mol. The van der Waals surface area contributed by atoms with Crippen molar-refractivity contribution in [1.29, 1.82) is 0 Å². The van der Waals surface area contributed by atoms with Crippen molar-refractivity contribution in [2.24, 2.45) is 0 Å². The molecule has 0 spiro atoms. The van der Waals surface area contributed by atoms with Gasteiger partial charge in [-0.2, -0.15) is 0 Å². The number of carboxylic acids is 1. The summed E-state index contributed by atoms with van der Waals surface area (Å²) in [6, 6.07) is 9.09. The summed E-state index contributed by atoms with van der Waals surface area (Å²) in [4.78, 5) is 30.0. The van der Waals surface area contributed by atoms with E-state index >= 15 is 0 Å². The topological polar surface area (TPSA) is 79.7 Å². The van der Waals surface area contributed by atoms with E-state index in [-0.39, 0.29) is 28.6 Å². The summed E-state index contributed by atoms with van der Waals surface area (Å²) in [5.74, 6) is -1.64. The first-order chi connectivity index (χ1) is 13.3. The van der Waals surface area contributed by atoms with Crippen LogP contribution in [0.15, 0.2) is 42.6 Å². The van der Waals surface area contributed by atoms with Crippen LogP contribution in [0.1, 0.15) is 31.8 Å². The number of benzene rings is 2. The number of nitrogens with zero attached hydrogens (tertiary/aromatic N) is 2. The van der Waals surface area contributed by atoms with E-state index < -0.39 is 5.97 Å². The number of carbonyl (C=O) groups excluding carboxylic acids is 1. The number of carboxylic acid groups (broad SMARTS) is 1. The first-order valence-electron chi connectivity index (χ1n) is 8.50. The van der Waals surface area contributed by atoms with Crippen molar-refractivity contribution in [3.05, 3.63) is 70.7 Å². The van der Waals surface area contributed by atoms with Gasteiger partial charge in [0.25, 0.3) is 5.91 Å². The molecule has 0 aliphatic carbocycles. The van der Waals surface area contributed by atoms with Crippen LogP contribution in [-0.4, -0.2) is 48.1 Å². The molecule has 0 saturated heterocycles. The summed E-state index contributed by atoms with van der Waals surface area (Å²) in [6.07, 6.45) is 2.06. The normalized spacial score (nSPS) is 10.7. The maximum atomic E-state index is 13.1. The minimum atomic E-state index is -1.17. The molecular weight excluding hydrogens is 363 g/mol. The Bertz CT molecular complexity index is 1060. The molecule has 3 aromatic rings. The van der Waals surface area contributed by atoms with Crippen LogP contribution in [0, 0.1) is 5.82 Å². The highest BCUT2D eigenvalue weighted by Crippen LogP contribution is 2.33. The van der Waals surface area contributed by atoms with Crippen LogP contribution < -0.4 is 4.74 Å². The van der Waals surface area contributed by atoms with Gasteiger partial charge in [0, 0.05) is 25.7 Å². The number of halogens is 1. The average molecular weight is 382 g/mol. The number of amides is 1. The van der Waals surface area contributed by atoms with Gasteiger partial charge in [0.1, 0.15) is 11.3 Å². The SMILES string of the molecule is COc1c(C(=O)N(C)C)cc(C(=O)O)c2cc(Cc3ccc(F)cc3)cnc12. The summed E-state index contributed by atoms with van der Waals surface area (Å²) in [5.41, 5.74) is 2.03. The molecule has 28 heavy (non-hydrogen) atoms. The lowest BCUT2D eigenvalue weighted by molar-refractivity contribution is 0.0699. The zero-order valence-corrected chi connectivity index (χ0v) is 15.7. The van der Waals surface area contributed by atoms with Crippen LogP contribution in [0.2, 0.25) is 0 Å². The second-order valence-electron chi connectivity index (χ2n) is 6.55. The van der Waals surface area contributed by atoms with Gasteiger partial charge in [0.15, 0.2) is 5.75 Å². The van der Waals surface area contributed by atoms with E-state index in [1.807, 2.05) is 0 Å². The Morgan fingerprint density at radius 3 is 2.36 bits per heavy atom. The molecule has 0 saturated carbocycles. The molecule has 2 aromatic carbocycles. The molecular formula is C21H19FN2O4. The van der Waals surface area contributed by atoms with Crippen molar-refractivity contribution >= 4 is 22.8 Å². The number of ether oxygens (including phenoxy) is 1. The molecule has 1 aromatic heterocycles. The van der Waals surface area contributed by atoms with Crippen molar-refractivity contribution in [2.75, 3.05) is 21.2 Å². The number of carbonyl (C=O) groups is 2. The third kappa shape index (κ3) is 3.64. The zero-order valence-electron chi connectivity index (χ0n) is 15.7. The van der Waals surface area contributed by atoms with E-state index in [0.717, 1.165) is 11.1 Å². The van der Waals surface area contributed by atoms with Crippen LogP contribution in [0.25, 0.3) is 10.9 Å². The molecule has 144 valence electrons. The van der Waals surface area contributed by atoms with E-state index in [1.165, 1.54) is 30.2 Å². The van der Waals surface area contributed by atoms with E-state index in [0.29, 0.717) is 17.3 Å². The predicted octanol–water partition coefficient (Wildman–Crippen LogP) is 3.37. The predicted molar refractivity (Wildman–Crippen MR) is 102 cm³/mol. The van der Waals surface area contributed by atoms with Gasteiger partial charge in [0.2, 0.25) is 0 Å². The number of pyridine rings is 1. The van der Waals surface area contributed by atoms with E-state index in [1.54, 1.807) is 38.5 Å². The number of rotatable bonds is 5. The number of aromatic carboxylic acids is 1. The van der Waals surface area contributed by atoms with Crippen LogP contribution in [-0.2, 0) is 6.42 Å². The summed E-state index contributed by atoms with van der Waals surface area (Å²) >= 11 is 0. The smallest absolute Gasteiger partial charge is 0.336 e. The van der Waals surface area contributed by atoms with Crippen molar-refractivity contribution in [3.63, 3.8) is 0 Å². The van der Waals surface area contributed by atoms with Gasteiger partial charge in [-0.1, -0.05) is 12.1 Å². The van der Waals surface area contributed by atoms with Crippen molar-refractivity contribution in [2.45, 2.75) is 6.42 Å². The second-order valence-corrected chi connectivity index (χ2v) is 6.55. The first kappa shape index (κ1) is 19.3. The van der Waals surface area contributed by atoms with Crippen molar-refractivity contribution in [3.8, 4) is 5.75 Å². The number of hydrogen-bond acceptors (Lipinski definition) is 4. The van der Waals surface area contributed by atoms with Crippen LogP contribution >= 0.6 is 0 Å². The van der Waals surface area contributed by atoms with Crippen LogP contribution in [0.3, 0.4) is 0 Å². The third-order valence-corrected chi connectivity index (χ3v) is 4.38. The molecule has 0 radical (unpaired) electrons. The standard InChI is InChI=1S/C21H19FN2O4/c1-24(2)20(25)17-10-16(21(26)27)15-9-13(11-23-18(15)19(17)28-3)8-12-4-6-14(22)7-5-12/h4-7,9-11H,8H2,1-3H3,(H,26,27). The highest BCUT2D eigenvalue weighted by molar-refractivity contribution is 6.10. The Morgan fingerprint density at radius 1 is 1.11 bits per heavy atom. The molecule has 7 heteroatoms. The summed E-state index contributed by atoms with van der Waals surface area (Å²) < 4.78 is 18.5. The highest BCUT2D eigenvalue weighted by atomic mass is 19.1. The molecule has 0 aliphatic heterocycles. The lowest BCUT2D eigenvalue weighted by atomic mass is 9.99. The first-order valence-corrected chi connectivity index (χ1v) is 8.50. The lowest BCUT2D eigenvalue weighted by Gasteiger charge is -2.16. The van der Waals surface area contributed by atoms with Gasteiger partial charge in [-0.3, -0.25) is 9.78 Å². The largest absolute Gasteiger partial charge is 0.494 e. The second kappa shape index (κ2) is 7.64. The van der Waals surface area contributed by atoms with E-state index in [9.17, 15) is 19.1 Å². The van der Waals surface area contributed by atoms with Crippen molar-refractivity contribution < 1.29 is 23.8 Å². The fraction of sp³-hybridized carbons (Fsp3) is 0.190. The van der Waals surface area contributed by atoms with Gasteiger partial charge in [0.05, 0.1) is 18.2 Å². The fourth-order valence-electron chi connectivity index (χ4n) is 3.03. The van der Waals surface area contributed by atoms with Crippen molar-refractivity contribution in [1.82, 2.24) is 9.88 Å². The zero-order chi connectivity index (χ0) is 20.4. The molecule has 0 aliphatic rings. The van der Waals surface area contributed by atoms with Crippen LogP contribution in [0.5, 0.6) is 5.75 Å². The lowest BCUT2D eigenvalue weighted by Crippen LogP contribution is -2.23. The number of methoxy groups -OCH3 is 1. The molecule has 1 heterocycles. The number of aromatic nitrogens is 1.